The molecule has 4 aliphatic carbocycles. The molecule has 0 aromatic heterocycles. The maximum atomic E-state index is 12.4. The first-order valence-corrected chi connectivity index (χ1v) is 13.9. The van der Waals surface area contributed by atoms with Crippen molar-refractivity contribution in [1.82, 2.24) is 0 Å². The molecule has 176 valence electrons. The van der Waals surface area contributed by atoms with Crippen LogP contribution in [0.4, 0.5) is 0 Å². The molecule has 1 saturated heterocycles. The highest BCUT2D eigenvalue weighted by atomic mass is 16.6. The molecule has 0 N–H and O–H groups in total. The van der Waals surface area contributed by atoms with Crippen LogP contribution < -0.4 is 0 Å². The fraction of sp³-hybridized carbons (Fsp3) is 0.966. The predicted octanol–water partition coefficient (Wildman–Crippen LogP) is 7.44. The van der Waals surface area contributed by atoms with Crippen molar-refractivity contribution in [3.05, 3.63) is 0 Å². The lowest BCUT2D eigenvalue weighted by Crippen LogP contribution is -2.58. The molecule has 5 aliphatic rings. The molecule has 1 aliphatic heterocycles. The van der Waals surface area contributed by atoms with Gasteiger partial charge in [0.2, 0.25) is 0 Å². The highest BCUT2D eigenvalue weighted by Crippen LogP contribution is 2.73. The summed E-state index contributed by atoms with van der Waals surface area (Å²) in [5, 5.41) is 0. The van der Waals surface area contributed by atoms with Gasteiger partial charge in [0.05, 0.1) is 0 Å². The first-order chi connectivity index (χ1) is 14.7. The van der Waals surface area contributed by atoms with Crippen molar-refractivity contribution in [2.24, 2.45) is 52.3 Å². The van der Waals surface area contributed by atoms with E-state index in [-0.39, 0.29) is 17.1 Å². The van der Waals surface area contributed by atoms with E-state index in [1.54, 1.807) is 0 Å². The van der Waals surface area contributed by atoms with Gasteiger partial charge in [0, 0.05) is 11.8 Å². The van der Waals surface area contributed by atoms with E-state index in [1.165, 1.54) is 51.4 Å². The van der Waals surface area contributed by atoms with Gasteiger partial charge in [0.25, 0.3) is 0 Å². The van der Waals surface area contributed by atoms with E-state index in [2.05, 4.69) is 41.5 Å². The van der Waals surface area contributed by atoms with Gasteiger partial charge in [0.15, 0.2) is 5.78 Å². The topological polar surface area (TPSA) is 29.6 Å². The zero-order chi connectivity index (χ0) is 22.2. The summed E-state index contributed by atoms with van der Waals surface area (Å²) in [4.78, 5) is 12.4. The van der Waals surface area contributed by atoms with Crippen LogP contribution in [0.2, 0.25) is 0 Å². The summed E-state index contributed by atoms with van der Waals surface area (Å²) >= 11 is 0. The van der Waals surface area contributed by atoms with Crippen LogP contribution in [0.25, 0.3) is 0 Å². The molecule has 5 fully saturated rings. The van der Waals surface area contributed by atoms with Crippen molar-refractivity contribution in [2.75, 3.05) is 0 Å². The lowest BCUT2D eigenvalue weighted by atomic mass is 9.44. The molecule has 2 nitrogen and oxygen atoms in total. The third-order valence-electron chi connectivity index (χ3n) is 12.2. The summed E-state index contributed by atoms with van der Waals surface area (Å²) in [7, 11) is 0. The largest absolute Gasteiger partial charge is 0.357 e. The Labute approximate surface area is 191 Å². The predicted molar refractivity (Wildman–Crippen MR) is 127 cm³/mol. The Morgan fingerprint density at radius 1 is 0.968 bits per heavy atom. The van der Waals surface area contributed by atoms with Gasteiger partial charge in [-0.15, -0.1) is 0 Å². The van der Waals surface area contributed by atoms with Gasteiger partial charge in [-0.2, -0.15) is 0 Å². The van der Waals surface area contributed by atoms with Crippen molar-refractivity contribution in [3.63, 3.8) is 0 Å². The molecule has 0 aromatic carbocycles. The first-order valence-electron chi connectivity index (χ1n) is 13.9. The molecule has 2 heteroatoms. The average molecular weight is 429 g/mol. The minimum atomic E-state index is -0.0610. The molecule has 0 radical (unpaired) electrons. The standard InChI is InChI=1S/C29H48O2/c1-7-20(18(2)3)9-8-19(4)22-10-11-23-21-12-17-29-26(31-29)25(30)14-16-28(29,6)24(21)13-15-27(22,23)5/h18-24,26H,7-17H2,1-6H3. The lowest BCUT2D eigenvalue weighted by Gasteiger charge is -2.59. The van der Waals surface area contributed by atoms with E-state index >= 15 is 0 Å². The second kappa shape index (κ2) is 7.57. The number of carbonyl (C=O) groups excluding carboxylic acids is 1. The molecule has 10 atom stereocenters. The molecule has 5 rings (SSSR count). The molecular weight excluding hydrogens is 380 g/mol. The van der Waals surface area contributed by atoms with Gasteiger partial charge >= 0.3 is 0 Å². The normalized spacial score (nSPS) is 50.3. The zero-order valence-corrected chi connectivity index (χ0v) is 21.2. The number of ketones is 1. The quantitative estimate of drug-likeness (QED) is 0.411. The van der Waals surface area contributed by atoms with Crippen molar-refractivity contribution in [3.8, 4) is 0 Å². The Bertz CT molecular complexity index is 714. The number of Topliss-reactive ketones (excluding diaryl/α,β-unsaturated/α-hetero) is 1. The number of hydrogen-bond acceptors (Lipinski definition) is 2. The van der Waals surface area contributed by atoms with Crippen LogP contribution >= 0.6 is 0 Å². The summed E-state index contributed by atoms with van der Waals surface area (Å²) in [6.07, 6.45) is 14.2. The number of rotatable bonds is 6. The number of carbonyl (C=O) groups is 1. The Balaban J connectivity index is 1.30. The molecule has 31 heavy (non-hydrogen) atoms. The third-order valence-corrected chi connectivity index (χ3v) is 12.2. The van der Waals surface area contributed by atoms with Crippen molar-refractivity contribution in [1.29, 1.82) is 0 Å². The smallest absolute Gasteiger partial charge is 0.164 e. The van der Waals surface area contributed by atoms with Crippen molar-refractivity contribution in [2.45, 2.75) is 124 Å². The monoisotopic (exact) mass is 428 g/mol. The molecule has 0 bridgehead atoms. The highest BCUT2D eigenvalue weighted by molar-refractivity contribution is 5.88. The number of fused-ring (bicyclic) bond motifs is 4. The summed E-state index contributed by atoms with van der Waals surface area (Å²) in [6, 6.07) is 0. The van der Waals surface area contributed by atoms with Gasteiger partial charge in [-0.3, -0.25) is 4.79 Å². The van der Waals surface area contributed by atoms with Gasteiger partial charge < -0.3 is 4.74 Å². The molecule has 4 saturated carbocycles. The van der Waals surface area contributed by atoms with Gasteiger partial charge in [0.1, 0.15) is 11.7 Å². The number of hydrogen-bond donors (Lipinski definition) is 0. The van der Waals surface area contributed by atoms with E-state index in [9.17, 15) is 4.79 Å². The first kappa shape index (κ1) is 22.4. The maximum Gasteiger partial charge on any atom is 0.164 e. The van der Waals surface area contributed by atoms with Crippen LogP contribution in [0.3, 0.4) is 0 Å². The third kappa shape index (κ3) is 3.08. The maximum absolute atomic E-state index is 12.4. The summed E-state index contributed by atoms with van der Waals surface area (Å²) in [5.74, 6) is 6.50. The van der Waals surface area contributed by atoms with Crippen LogP contribution in [0.1, 0.15) is 112 Å². The summed E-state index contributed by atoms with van der Waals surface area (Å²) in [5.41, 5.74) is 0.745. The minimum Gasteiger partial charge on any atom is -0.357 e. The second-order valence-corrected chi connectivity index (χ2v) is 13.4. The van der Waals surface area contributed by atoms with Crippen LogP contribution in [0, 0.1) is 52.3 Å². The fourth-order valence-corrected chi connectivity index (χ4v) is 10.2. The summed E-state index contributed by atoms with van der Waals surface area (Å²) in [6.45, 7) is 15.0. The van der Waals surface area contributed by atoms with Crippen molar-refractivity contribution >= 4 is 5.78 Å². The molecule has 1 spiro atoms. The van der Waals surface area contributed by atoms with Gasteiger partial charge in [-0.25, -0.2) is 0 Å². The van der Waals surface area contributed by atoms with Crippen LogP contribution in [-0.4, -0.2) is 17.5 Å². The Morgan fingerprint density at radius 2 is 1.74 bits per heavy atom. The number of epoxide rings is 1. The molecule has 0 amide bonds. The minimum absolute atomic E-state index is 0.0377. The van der Waals surface area contributed by atoms with Gasteiger partial charge in [-0.1, -0.05) is 54.4 Å². The summed E-state index contributed by atoms with van der Waals surface area (Å²) < 4.78 is 6.26. The van der Waals surface area contributed by atoms with Gasteiger partial charge in [-0.05, 0) is 98.2 Å². The van der Waals surface area contributed by atoms with Crippen LogP contribution in [0.15, 0.2) is 0 Å². The van der Waals surface area contributed by atoms with E-state index in [0.29, 0.717) is 11.2 Å². The lowest BCUT2D eigenvalue weighted by molar-refractivity contribution is -0.132. The van der Waals surface area contributed by atoms with E-state index < -0.39 is 0 Å². The van der Waals surface area contributed by atoms with Crippen LogP contribution in [0.5, 0.6) is 0 Å². The Kier molecular flexibility index (Phi) is 5.48. The Hall–Kier alpha value is -0.370. The number of ether oxygens (including phenoxy) is 1. The fourth-order valence-electron chi connectivity index (χ4n) is 10.2. The molecule has 0 aromatic rings. The Morgan fingerprint density at radius 3 is 2.45 bits per heavy atom. The average Bonchev–Trinajstić information content (AvgIpc) is 3.38. The van der Waals surface area contributed by atoms with E-state index in [4.69, 9.17) is 4.74 Å². The SMILES string of the molecule is CCC(CCC(C)C1CCC2C3CCC45OC4C(=O)CCC5(C)C3CCC12C)C(C)C. The van der Waals surface area contributed by atoms with Crippen molar-refractivity contribution < 1.29 is 9.53 Å². The molecular formula is C29H48O2. The molecule has 1 heterocycles. The van der Waals surface area contributed by atoms with E-state index in [0.717, 1.165) is 60.7 Å². The second-order valence-electron chi connectivity index (χ2n) is 13.4. The highest BCUT2D eigenvalue weighted by Gasteiger charge is 2.76. The van der Waals surface area contributed by atoms with Crippen LogP contribution in [-0.2, 0) is 9.53 Å². The zero-order valence-electron chi connectivity index (χ0n) is 21.2. The molecule has 10 unspecified atom stereocenters. The van der Waals surface area contributed by atoms with E-state index in [1.807, 2.05) is 0 Å².